The molecule has 0 N–H and O–H groups in total. The maximum Gasteiger partial charge on any atom is 0.204 e. The summed E-state index contributed by atoms with van der Waals surface area (Å²) in [4.78, 5) is 3.27. The highest BCUT2D eigenvalue weighted by molar-refractivity contribution is 7.95. The molecule has 0 saturated heterocycles. The molecule has 0 spiro atoms. The van der Waals surface area contributed by atoms with Gasteiger partial charge in [-0.05, 0) is 31.0 Å². The van der Waals surface area contributed by atoms with E-state index in [0.717, 1.165) is 25.1 Å². The molecule has 1 heterocycles. The lowest BCUT2D eigenvalue weighted by molar-refractivity contribution is 0.277. The molecule has 1 unspecified atom stereocenters. The van der Waals surface area contributed by atoms with Gasteiger partial charge in [0.2, 0.25) is 9.84 Å². The van der Waals surface area contributed by atoms with Crippen LogP contribution >= 0.6 is 0 Å². The van der Waals surface area contributed by atoms with Crippen molar-refractivity contribution in [3.05, 3.63) is 76.8 Å². The van der Waals surface area contributed by atoms with Gasteiger partial charge in [0.15, 0.2) is 0 Å². The molecule has 0 saturated carbocycles. The number of allylic oxidation sites excluding steroid dienone is 1. The van der Waals surface area contributed by atoms with Crippen LogP contribution in [0.3, 0.4) is 0 Å². The van der Waals surface area contributed by atoms with Crippen molar-refractivity contribution in [3.8, 4) is 0 Å². The zero-order chi connectivity index (χ0) is 17.9. The van der Waals surface area contributed by atoms with Crippen molar-refractivity contribution in [1.29, 1.82) is 0 Å². The third-order valence-corrected chi connectivity index (χ3v) is 6.69. The van der Waals surface area contributed by atoms with Crippen molar-refractivity contribution >= 4 is 9.84 Å². The van der Waals surface area contributed by atoms with E-state index in [1.165, 1.54) is 5.56 Å². The molecule has 132 valence electrons. The predicted molar refractivity (Wildman–Crippen MR) is 102 cm³/mol. The predicted octanol–water partition coefficient (Wildman–Crippen LogP) is 4.77. The Bertz CT molecular complexity index is 842. The topological polar surface area (TPSA) is 37.4 Å². The van der Waals surface area contributed by atoms with Gasteiger partial charge in [0, 0.05) is 24.7 Å². The zero-order valence-corrected chi connectivity index (χ0v) is 15.7. The Morgan fingerprint density at radius 3 is 2.20 bits per heavy atom. The molecule has 2 aromatic rings. The Labute approximate surface area is 150 Å². The van der Waals surface area contributed by atoms with Crippen LogP contribution < -0.4 is 0 Å². The molecule has 0 amide bonds. The van der Waals surface area contributed by atoms with Gasteiger partial charge in [0.1, 0.15) is 0 Å². The number of rotatable bonds is 6. The quantitative estimate of drug-likeness (QED) is 0.749. The van der Waals surface area contributed by atoms with E-state index in [-0.39, 0.29) is 6.04 Å². The highest BCUT2D eigenvalue weighted by atomic mass is 32.2. The number of benzene rings is 2. The zero-order valence-electron chi connectivity index (χ0n) is 14.9. The maximum absolute atomic E-state index is 13.2. The Balaban J connectivity index is 2.01. The number of nitrogens with zero attached hydrogens (tertiary/aromatic N) is 1. The SMILES string of the molecule is CCCC1=C(S(=O)(=O)c2ccccc2)CC(C)N1Cc1ccccc1. The molecule has 1 atom stereocenters. The van der Waals surface area contributed by atoms with Crippen LogP contribution in [0, 0.1) is 0 Å². The molecule has 0 bridgehead atoms. The van der Waals surface area contributed by atoms with Crippen LogP contribution in [0.15, 0.2) is 76.2 Å². The van der Waals surface area contributed by atoms with Crippen molar-refractivity contribution in [2.75, 3.05) is 0 Å². The van der Waals surface area contributed by atoms with Crippen molar-refractivity contribution in [2.45, 2.75) is 50.6 Å². The lowest BCUT2D eigenvalue weighted by atomic mass is 10.1. The van der Waals surface area contributed by atoms with Gasteiger partial charge in [-0.2, -0.15) is 0 Å². The van der Waals surface area contributed by atoms with Gasteiger partial charge in [-0.15, -0.1) is 0 Å². The molecule has 3 rings (SSSR count). The first-order chi connectivity index (χ1) is 12.0. The minimum atomic E-state index is -3.43. The average Bonchev–Trinajstić information content (AvgIpc) is 2.94. The van der Waals surface area contributed by atoms with E-state index in [4.69, 9.17) is 0 Å². The Morgan fingerprint density at radius 1 is 1.00 bits per heavy atom. The molecule has 0 fully saturated rings. The van der Waals surface area contributed by atoms with Crippen molar-refractivity contribution in [2.24, 2.45) is 0 Å². The molecule has 0 aliphatic carbocycles. The minimum Gasteiger partial charge on any atom is -0.367 e. The summed E-state index contributed by atoms with van der Waals surface area (Å²) >= 11 is 0. The summed E-state index contributed by atoms with van der Waals surface area (Å²) in [6.07, 6.45) is 2.30. The smallest absolute Gasteiger partial charge is 0.204 e. The summed E-state index contributed by atoms with van der Waals surface area (Å²) in [5, 5.41) is 0. The standard InChI is InChI=1S/C21H25NO2S/c1-3-10-20-21(25(23,24)19-13-8-5-9-14-19)15-17(2)22(20)16-18-11-6-4-7-12-18/h4-9,11-14,17H,3,10,15-16H2,1-2H3. The Morgan fingerprint density at radius 2 is 1.60 bits per heavy atom. The van der Waals surface area contributed by atoms with E-state index in [1.807, 2.05) is 24.3 Å². The molecule has 0 radical (unpaired) electrons. The third kappa shape index (κ3) is 3.64. The molecular formula is C21H25NO2S. The third-order valence-electron chi connectivity index (χ3n) is 4.74. The molecule has 1 aliphatic heterocycles. The monoisotopic (exact) mass is 355 g/mol. The second-order valence-corrected chi connectivity index (χ2v) is 8.57. The fourth-order valence-corrected chi connectivity index (χ4v) is 5.27. The lowest BCUT2D eigenvalue weighted by Crippen LogP contribution is -2.27. The Hall–Kier alpha value is -2.07. The highest BCUT2D eigenvalue weighted by Gasteiger charge is 2.35. The fourth-order valence-electron chi connectivity index (χ4n) is 3.48. The molecule has 4 heteroatoms. The minimum absolute atomic E-state index is 0.190. The van der Waals surface area contributed by atoms with Gasteiger partial charge < -0.3 is 4.90 Å². The Kier molecular flexibility index (Phi) is 5.28. The molecular weight excluding hydrogens is 330 g/mol. The van der Waals surface area contributed by atoms with E-state index < -0.39 is 9.84 Å². The van der Waals surface area contributed by atoms with Gasteiger partial charge in [-0.3, -0.25) is 0 Å². The van der Waals surface area contributed by atoms with E-state index in [0.29, 0.717) is 16.2 Å². The molecule has 25 heavy (non-hydrogen) atoms. The number of sulfone groups is 1. The number of hydrogen-bond acceptors (Lipinski definition) is 3. The maximum atomic E-state index is 13.2. The first kappa shape index (κ1) is 17.7. The van der Waals surface area contributed by atoms with Gasteiger partial charge in [-0.25, -0.2) is 8.42 Å². The summed E-state index contributed by atoms with van der Waals surface area (Å²) in [6, 6.07) is 19.2. The van der Waals surface area contributed by atoms with Crippen molar-refractivity contribution < 1.29 is 8.42 Å². The van der Waals surface area contributed by atoms with Crippen LogP contribution in [0.2, 0.25) is 0 Å². The van der Waals surface area contributed by atoms with E-state index in [9.17, 15) is 8.42 Å². The van der Waals surface area contributed by atoms with Crippen LogP contribution in [0.25, 0.3) is 0 Å². The fraction of sp³-hybridized carbons (Fsp3) is 0.333. The summed E-state index contributed by atoms with van der Waals surface area (Å²) < 4.78 is 26.4. The molecule has 0 aromatic heterocycles. The second-order valence-electron chi connectivity index (χ2n) is 6.60. The highest BCUT2D eigenvalue weighted by Crippen LogP contribution is 2.38. The van der Waals surface area contributed by atoms with Crippen LogP contribution in [0.5, 0.6) is 0 Å². The summed E-state index contributed by atoms with van der Waals surface area (Å²) in [5.74, 6) is 0. The van der Waals surface area contributed by atoms with Gasteiger partial charge in [-0.1, -0.05) is 61.9 Å². The average molecular weight is 356 g/mol. The molecule has 2 aromatic carbocycles. The summed E-state index contributed by atoms with van der Waals surface area (Å²) in [6.45, 7) is 4.97. The van der Waals surface area contributed by atoms with E-state index in [1.54, 1.807) is 24.3 Å². The lowest BCUT2D eigenvalue weighted by Gasteiger charge is -2.27. The largest absolute Gasteiger partial charge is 0.367 e. The first-order valence-corrected chi connectivity index (χ1v) is 10.3. The van der Waals surface area contributed by atoms with Gasteiger partial charge >= 0.3 is 0 Å². The number of hydrogen-bond donors (Lipinski definition) is 0. The van der Waals surface area contributed by atoms with E-state index in [2.05, 4.69) is 30.9 Å². The summed E-state index contributed by atoms with van der Waals surface area (Å²) in [5.41, 5.74) is 2.20. The van der Waals surface area contributed by atoms with Gasteiger partial charge in [0.05, 0.1) is 9.80 Å². The summed E-state index contributed by atoms with van der Waals surface area (Å²) in [7, 11) is -3.43. The van der Waals surface area contributed by atoms with Crippen LogP contribution in [0.4, 0.5) is 0 Å². The van der Waals surface area contributed by atoms with Crippen LogP contribution in [0.1, 0.15) is 38.7 Å². The first-order valence-electron chi connectivity index (χ1n) is 8.86. The van der Waals surface area contributed by atoms with Crippen LogP contribution in [-0.4, -0.2) is 19.4 Å². The van der Waals surface area contributed by atoms with Crippen molar-refractivity contribution in [3.63, 3.8) is 0 Å². The van der Waals surface area contributed by atoms with Crippen molar-refractivity contribution in [1.82, 2.24) is 4.90 Å². The molecule has 1 aliphatic rings. The second kappa shape index (κ2) is 7.44. The van der Waals surface area contributed by atoms with Gasteiger partial charge in [0.25, 0.3) is 0 Å². The van der Waals surface area contributed by atoms with Crippen LogP contribution in [-0.2, 0) is 16.4 Å². The molecule has 3 nitrogen and oxygen atoms in total. The normalized spacial score (nSPS) is 18.0. The van der Waals surface area contributed by atoms with E-state index >= 15 is 0 Å².